The Kier molecular flexibility index (Phi) is 8.28. The van der Waals surface area contributed by atoms with Gasteiger partial charge >= 0.3 is 5.97 Å². The number of benzene rings is 3. The highest BCUT2D eigenvalue weighted by molar-refractivity contribution is 6.51. The Hall–Kier alpha value is -4.59. The number of carbonyl (C=O) groups is 3. The number of anilines is 1. The van der Waals surface area contributed by atoms with Gasteiger partial charge in [0.2, 0.25) is 0 Å². The number of aliphatic hydroxyl groups excluding tert-OH is 1. The Balaban J connectivity index is 1.93. The van der Waals surface area contributed by atoms with Crippen LogP contribution in [0.3, 0.4) is 0 Å². The lowest BCUT2D eigenvalue weighted by Gasteiger charge is -2.26. The van der Waals surface area contributed by atoms with E-state index in [2.05, 4.69) is 0 Å². The largest absolute Gasteiger partial charge is 0.508 e. The summed E-state index contributed by atoms with van der Waals surface area (Å²) in [5.41, 5.74) is 2.82. The monoisotopic (exact) mass is 543 g/mol. The molecular formula is C32H33NO7. The fraction of sp³-hybridized carbons (Fsp3) is 0.281. The first-order valence-corrected chi connectivity index (χ1v) is 13.1. The average Bonchev–Trinajstić information content (AvgIpc) is 3.21. The van der Waals surface area contributed by atoms with E-state index >= 15 is 0 Å². The van der Waals surface area contributed by atoms with Crippen molar-refractivity contribution >= 4 is 29.1 Å². The van der Waals surface area contributed by atoms with Gasteiger partial charge in [-0.2, -0.15) is 0 Å². The lowest BCUT2D eigenvalue weighted by molar-refractivity contribution is -0.132. The number of aliphatic hydroxyl groups is 1. The van der Waals surface area contributed by atoms with Crippen molar-refractivity contribution in [3.63, 3.8) is 0 Å². The lowest BCUT2D eigenvalue weighted by atomic mass is 9.91. The molecule has 1 saturated heterocycles. The minimum atomic E-state index is -1.02. The molecule has 208 valence electrons. The van der Waals surface area contributed by atoms with Crippen LogP contribution in [0, 0.1) is 6.92 Å². The van der Waals surface area contributed by atoms with Crippen LogP contribution in [0.1, 0.15) is 71.8 Å². The Morgan fingerprint density at radius 2 is 1.75 bits per heavy atom. The molecule has 0 aliphatic carbocycles. The van der Waals surface area contributed by atoms with Gasteiger partial charge in [0.1, 0.15) is 17.3 Å². The number of hydrogen-bond donors (Lipinski definition) is 2. The molecule has 4 rings (SSSR count). The van der Waals surface area contributed by atoms with Crippen LogP contribution in [0.4, 0.5) is 5.69 Å². The number of ether oxygens (including phenoxy) is 2. The number of rotatable bonds is 8. The highest BCUT2D eigenvalue weighted by Gasteiger charge is 2.47. The molecule has 8 heteroatoms. The van der Waals surface area contributed by atoms with E-state index in [1.165, 1.54) is 23.1 Å². The number of amides is 1. The predicted octanol–water partition coefficient (Wildman–Crippen LogP) is 6.03. The third-order valence-corrected chi connectivity index (χ3v) is 6.90. The second-order valence-electron chi connectivity index (χ2n) is 10.0. The van der Waals surface area contributed by atoms with Gasteiger partial charge in [-0.15, -0.1) is 0 Å². The molecule has 0 bridgehead atoms. The number of nitrogens with zero attached hydrogens (tertiary/aromatic N) is 1. The maximum Gasteiger partial charge on any atom is 0.338 e. The molecule has 40 heavy (non-hydrogen) atoms. The quantitative estimate of drug-likeness (QED) is 0.154. The molecule has 0 saturated carbocycles. The van der Waals surface area contributed by atoms with Crippen molar-refractivity contribution in [3.8, 4) is 11.5 Å². The van der Waals surface area contributed by atoms with E-state index in [-0.39, 0.29) is 35.2 Å². The summed E-state index contributed by atoms with van der Waals surface area (Å²) >= 11 is 0. The molecule has 8 nitrogen and oxygen atoms in total. The Bertz CT molecular complexity index is 1490. The zero-order valence-electron chi connectivity index (χ0n) is 23.2. The maximum absolute atomic E-state index is 13.6. The first-order chi connectivity index (χ1) is 19.1. The van der Waals surface area contributed by atoms with E-state index in [9.17, 15) is 24.6 Å². The zero-order valence-corrected chi connectivity index (χ0v) is 23.2. The number of aromatic hydroxyl groups is 1. The minimum Gasteiger partial charge on any atom is -0.508 e. The third kappa shape index (κ3) is 5.30. The van der Waals surface area contributed by atoms with E-state index in [0.29, 0.717) is 34.5 Å². The van der Waals surface area contributed by atoms with Crippen LogP contribution in [0.15, 0.2) is 66.2 Å². The molecule has 1 aliphatic heterocycles. The summed E-state index contributed by atoms with van der Waals surface area (Å²) in [6.07, 6.45) is 0.657. The van der Waals surface area contributed by atoms with Crippen LogP contribution in [-0.4, -0.2) is 41.6 Å². The molecule has 0 aromatic heterocycles. The second kappa shape index (κ2) is 11.7. The van der Waals surface area contributed by atoms with Crippen LogP contribution in [-0.2, 0) is 14.3 Å². The highest BCUT2D eigenvalue weighted by atomic mass is 16.5. The molecule has 1 fully saturated rings. The topological polar surface area (TPSA) is 113 Å². The highest BCUT2D eigenvalue weighted by Crippen LogP contribution is 2.44. The first kappa shape index (κ1) is 28.4. The van der Waals surface area contributed by atoms with Crippen LogP contribution < -0.4 is 9.64 Å². The molecule has 1 heterocycles. The fourth-order valence-corrected chi connectivity index (χ4v) is 4.86. The van der Waals surface area contributed by atoms with Crippen molar-refractivity contribution in [2.45, 2.75) is 46.1 Å². The molecular weight excluding hydrogens is 510 g/mol. The van der Waals surface area contributed by atoms with Crippen molar-refractivity contribution in [2.24, 2.45) is 0 Å². The number of hydrogen-bond acceptors (Lipinski definition) is 7. The van der Waals surface area contributed by atoms with Gasteiger partial charge in [0.05, 0.1) is 30.9 Å². The van der Waals surface area contributed by atoms with Gasteiger partial charge in [-0.25, -0.2) is 4.79 Å². The van der Waals surface area contributed by atoms with Crippen molar-refractivity contribution in [1.29, 1.82) is 0 Å². The Morgan fingerprint density at radius 1 is 1.05 bits per heavy atom. The SMILES string of the molecule is CCCOC(=O)c1cccc(N2C(=O)C(=O)/C(=C(/O)c3cc(C(C)C)c(OC)cc3C)C2c2ccc(O)cc2)c1. The van der Waals surface area contributed by atoms with Crippen LogP contribution in [0.25, 0.3) is 5.76 Å². The van der Waals surface area contributed by atoms with Crippen molar-refractivity contribution in [2.75, 3.05) is 18.6 Å². The normalized spacial score (nSPS) is 16.4. The summed E-state index contributed by atoms with van der Waals surface area (Å²) in [7, 11) is 1.57. The summed E-state index contributed by atoms with van der Waals surface area (Å²) < 4.78 is 10.8. The van der Waals surface area contributed by atoms with Gasteiger partial charge in [-0.1, -0.05) is 39.0 Å². The molecule has 1 atom stereocenters. The van der Waals surface area contributed by atoms with E-state index in [1.54, 1.807) is 56.5 Å². The van der Waals surface area contributed by atoms with Crippen molar-refractivity contribution < 1.29 is 34.1 Å². The zero-order chi connectivity index (χ0) is 29.1. The van der Waals surface area contributed by atoms with Crippen LogP contribution in [0.2, 0.25) is 0 Å². The number of carbonyl (C=O) groups excluding carboxylic acids is 3. The van der Waals surface area contributed by atoms with E-state index < -0.39 is 23.7 Å². The standard InChI is InChI=1S/C32H33NO7/c1-6-14-40-32(38)21-8-7-9-22(16-21)33-28(20-10-12-23(34)13-11-20)27(30(36)31(33)37)29(35)25-17-24(18(2)3)26(39-5)15-19(25)4/h7-13,15-18,28,34-35H,6,14H2,1-5H3/b29-27+. The number of ketones is 1. The molecule has 1 aliphatic rings. The van der Waals surface area contributed by atoms with E-state index in [4.69, 9.17) is 9.47 Å². The first-order valence-electron chi connectivity index (χ1n) is 13.1. The number of methoxy groups -OCH3 is 1. The number of esters is 1. The number of phenols is 1. The van der Waals surface area contributed by atoms with Gasteiger partial charge in [0, 0.05) is 11.3 Å². The number of phenolic OH excluding ortho intramolecular Hbond substituents is 1. The summed E-state index contributed by atoms with van der Waals surface area (Å²) in [5.74, 6) is -1.85. The summed E-state index contributed by atoms with van der Waals surface area (Å²) in [6, 6.07) is 14.9. The summed E-state index contributed by atoms with van der Waals surface area (Å²) in [4.78, 5) is 41.0. The fourth-order valence-electron chi connectivity index (χ4n) is 4.86. The van der Waals surface area contributed by atoms with Gasteiger partial charge in [-0.05, 0) is 78.4 Å². The van der Waals surface area contributed by atoms with E-state index in [1.807, 2.05) is 20.8 Å². The van der Waals surface area contributed by atoms with Crippen LogP contribution in [0.5, 0.6) is 11.5 Å². The third-order valence-electron chi connectivity index (χ3n) is 6.90. The Labute approximate surface area is 233 Å². The van der Waals surface area contributed by atoms with Crippen LogP contribution >= 0.6 is 0 Å². The van der Waals surface area contributed by atoms with Crippen molar-refractivity contribution in [1.82, 2.24) is 0 Å². The molecule has 0 spiro atoms. The van der Waals surface area contributed by atoms with E-state index in [0.717, 1.165) is 5.56 Å². The molecule has 1 unspecified atom stereocenters. The summed E-state index contributed by atoms with van der Waals surface area (Å²) in [6.45, 7) is 7.91. The average molecular weight is 544 g/mol. The smallest absolute Gasteiger partial charge is 0.338 e. The Morgan fingerprint density at radius 3 is 2.38 bits per heavy atom. The minimum absolute atomic E-state index is 0.00828. The number of aryl methyl sites for hydroxylation is 1. The lowest BCUT2D eigenvalue weighted by Crippen LogP contribution is -2.29. The maximum atomic E-state index is 13.6. The second-order valence-corrected chi connectivity index (χ2v) is 10.0. The molecule has 3 aromatic rings. The molecule has 2 N–H and O–H groups in total. The van der Waals surface area contributed by atoms with Gasteiger partial charge < -0.3 is 19.7 Å². The number of Topliss-reactive ketones (excluding diaryl/α,β-unsaturated/α-hetero) is 1. The van der Waals surface area contributed by atoms with Gasteiger partial charge in [0.25, 0.3) is 11.7 Å². The summed E-state index contributed by atoms with van der Waals surface area (Å²) in [5, 5.41) is 21.6. The molecule has 0 radical (unpaired) electrons. The molecule has 3 aromatic carbocycles. The van der Waals surface area contributed by atoms with Gasteiger partial charge in [0.15, 0.2) is 0 Å². The van der Waals surface area contributed by atoms with Crippen molar-refractivity contribution in [3.05, 3.63) is 94.1 Å². The van der Waals surface area contributed by atoms with Gasteiger partial charge in [-0.3, -0.25) is 14.5 Å². The molecule has 1 amide bonds. The predicted molar refractivity (Wildman–Crippen MR) is 152 cm³/mol.